The SMILES string of the molecule is c1ccc(-c2cc(-c3ccccc3-c3cccc(-c4ccc5c(c4)Oc4c(-c6nc(-c7ccccc7)c7ccccc7n6)cccc4C54c5ccccc5-c5ccccc54)c3)nc(-c3cccc(-c4cccc(-c5cccc6c5Oc5ccccc5C65c6ccccc6-c6ccccc65)c4)c3)n2)cc1. The van der Waals surface area contributed by atoms with Crippen LogP contribution in [0.15, 0.2) is 364 Å². The first-order valence-electron chi connectivity index (χ1n) is 35.5. The van der Waals surface area contributed by atoms with Gasteiger partial charge in [-0.2, -0.15) is 0 Å². The van der Waals surface area contributed by atoms with E-state index in [0.717, 1.165) is 146 Å². The highest BCUT2D eigenvalue weighted by Gasteiger charge is 2.53. The zero-order chi connectivity index (χ0) is 68.5. The number of ether oxygens (including phenoxy) is 2. The van der Waals surface area contributed by atoms with E-state index in [4.69, 9.17) is 29.4 Å². The molecule has 6 heteroatoms. The number of nitrogens with zero attached hydrogens (tertiary/aromatic N) is 4. The number of benzene rings is 15. The molecule has 4 aliphatic rings. The average Bonchev–Trinajstić information content (AvgIpc) is 1.52. The van der Waals surface area contributed by atoms with Gasteiger partial charge in [-0.25, -0.2) is 19.9 Å². The second-order valence-corrected chi connectivity index (χ2v) is 27.4. The molecule has 4 heterocycles. The summed E-state index contributed by atoms with van der Waals surface area (Å²) >= 11 is 0. The van der Waals surface area contributed by atoms with Crippen LogP contribution in [-0.4, -0.2) is 19.9 Å². The third-order valence-corrected chi connectivity index (χ3v) is 21.9. The van der Waals surface area contributed by atoms with Gasteiger partial charge < -0.3 is 9.47 Å². The number of aromatic nitrogens is 4. The van der Waals surface area contributed by atoms with Crippen molar-refractivity contribution in [3.8, 4) is 146 Å². The smallest absolute Gasteiger partial charge is 0.164 e. The molecule has 2 aromatic heterocycles. The summed E-state index contributed by atoms with van der Waals surface area (Å²) < 4.78 is 14.6. The fourth-order valence-corrected chi connectivity index (χ4v) is 17.4. The minimum atomic E-state index is -0.721. The van der Waals surface area contributed by atoms with Crippen molar-refractivity contribution in [2.24, 2.45) is 0 Å². The highest BCUT2D eigenvalue weighted by atomic mass is 16.5. The molecular formula is C98H60N4O2. The highest BCUT2D eigenvalue weighted by molar-refractivity contribution is 5.97. The maximum atomic E-state index is 7.50. The lowest BCUT2D eigenvalue weighted by Gasteiger charge is -2.40. The molecule has 104 heavy (non-hydrogen) atoms. The third kappa shape index (κ3) is 8.95. The monoisotopic (exact) mass is 1320 g/mol. The lowest BCUT2D eigenvalue weighted by Crippen LogP contribution is -2.32. The molecule has 0 saturated carbocycles. The zero-order valence-corrected chi connectivity index (χ0v) is 56.2. The predicted molar refractivity (Wildman–Crippen MR) is 419 cm³/mol. The van der Waals surface area contributed by atoms with Gasteiger partial charge in [0.1, 0.15) is 23.0 Å². The van der Waals surface area contributed by atoms with E-state index in [0.29, 0.717) is 11.6 Å². The Morgan fingerprint density at radius 3 is 1.23 bits per heavy atom. The largest absolute Gasteiger partial charge is 0.456 e. The molecule has 0 radical (unpaired) electrons. The zero-order valence-electron chi connectivity index (χ0n) is 56.2. The molecule has 15 aromatic carbocycles. The van der Waals surface area contributed by atoms with Crippen LogP contribution in [0.3, 0.4) is 0 Å². The highest BCUT2D eigenvalue weighted by Crippen LogP contribution is 2.65. The van der Waals surface area contributed by atoms with Crippen molar-refractivity contribution >= 4 is 10.9 Å². The molecule has 17 aromatic rings. The van der Waals surface area contributed by atoms with E-state index in [-0.39, 0.29) is 0 Å². The Bertz CT molecular complexity index is 6310. The molecule has 0 atom stereocenters. The van der Waals surface area contributed by atoms with Gasteiger partial charge in [0.25, 0.3) is 0 Å². The van der Waals surface area contributed by atoms with Crippen LogP contribution in [-0.2, 0) is 10.8 Å². The molecule has 0 unspecified atom stereocenters. The quantitative estimate of drug-likeness (QED) is 0.143. The minimum absolute atomic E-state index is 0.565. The lowest BCUT2D eigenvalue weighted by atomic mass is 9.65. The van der Waals surface area contributed by atoms with E-state index < -0.39 is 10.8 Å². The first-order valence-corrected chi connectivity index (χ1v) is 35.5. The van der Waals surface area contributed by atoms with Gasteiger partial charge in [0.2, 0.25) is 0 Å². The lowest BCUT2D eigenvalue weighted by molar-refractivity contribution is 0.438. The Balaban J connectivity index is 0.659. The van der Waals surface area contributed by atoms with Crippen molar-refractivity contribution in [1.29, 1.82) is 0 Å². The number of rotatable bonds is 9. The molecule has 21 rings (SSSR count). The van der Waals surface area contributed by atoms with E-state index in [2.05, 4.69) is 346 Å². The fourth-order valence-electron chi connectivity index (χ4n) is 17.4. The van der Waals surface area contributed by atoms with Crippen LogP contribution in [0.2, 0.25) is 0 Å². The van der Waals surface area contributed by atoms with E-state index >= 15 is 0 Å². The van der Waals surface area contributed by atoms with Gasteiger partial charge in [-0.1, -0.05) is 315 Å². The molecule has 0 N–H and O–H groups in total. The molecular weight excluding hydrogens is 1270 g/mol. The Morgan fingerprint density at radius 1 is 0.202 bits per heavy atom. The van der Waals surface area contributed by atoms with Crippen LogP contribution < -0.4 is 9.47 Å². The molecule has 2 aliphatic heterocycles. The van der Waals surface area contributed by atoms with E-state index in [1.807, 2.05) is 18.2 Å². The van der Waals surface area contributed by atoms with Crippen molar-refractivity contribution in [3.63, 3.8) is 0 Å². The van der Waals surface area contributed by atoms with Crippen LogP contribution in [0.25, 0.3) is 134 Å². The summed E-state index contributed by atoms with van der Waals surface area (Å²) in [4.78, 5) is 21.7. The number of hydrogen-bond acceptors (Lipinski definition) is 6. The van der Waals surface area contributed by atoms with Gasteiger partial charge in [0, 0.05) is 55.5 Å². The predicted octanol–water partition coefficient (Wildman–Crippen LogP) is 24.4. The molecule has 2 aliphatic carbocycles. The van der Waals surface area contributed by atoms with Crippen molar-refractivity contribution in [3.05, 3.63) is 408 Å². The van der Waals surface area contributed by atoms with Crippen molar-refractivity contribution in [1.82, 2.24) is 19.9 Å². The second-order valence-electron chi connectivity index (χ2n) is 27.4. The van der Waals surface area contributed by atoms with Gasteiger partial charge >= 0.3 is 0 Å². The Hall–Kier alpha value is -13.7. The summed E-state index contributed by atoms with van der Waals surface area (Å²) in [6.45, 7) is 0. The maximum absolute atomic E-state index is 7.50. The van der Waals surface area contributed by atoms with Crippen molar-refractivity contribution < 1.29 is 9.47 Å². The minimum Gasteiger partial charge on any atom is -0.456 e. The summed E-state index contributed by atoms with van der Waals surface area (Å²) in [6.07, 6.45) is 0. The summed E-state index contributed by atoms with van der Waals surface area (Å²) in [5, 5.41) is 0.990. The second kappa shape index (κ2) is 23.5. The summed E-state index contributed by atoms with van der Waals surface area (Å²) in [7, 11) is 0. The molecule has 0 fully saturated rings. The van der Waals surface area contributed by atoms with Crippen LogP contribution in [0.1, 0.15) is 44.5 Å². The van der Waals surface area contributed by atoms with Gasteiger partial charge in [-0.15, -0.1) is 0 Å². The van der Waals surface area contributed by atoms with E-state index in [1.165, 1.54) is 44.5 Å². The molecule has 0 saturated heterocycles. The Kier molecular flexibility index (Phi) is 13.4. The Labute approximate surface area is 602 Å². The van der Waals surface area contributed by atoms with Crippen LogP contribution in [0, 0.1) is 0 Å². The molecule has 6 nitrogen and oxygen atoms in total. The molecule has 2 spiro atoms. The standard InChI is InChI=1S/C98H60N4O2/c1-3-26-61(27-4-1)88-60-89(101-95(100-88)69-35-23-32-65(58-69)63-30-22-34-68(57-63)71-43-24-50-85-93(71)103-90-53-20-18-49-83(90)97(85)79-45-14-9-37-72(79)73-38-10-15-46-80(73)97)76-41-8-7-36-70(76)67-33-21-31-64(56-67)66-54-55-84-91(59-66)104-94-78(96-99-87-52-19-13-42-77(87)92(102-96)62-28-5-2-6-29-62)44-25-51-86(94)98(84)81-47-16-11-39-74(81)75-40-12-17-48-82(75)98/h1-60H. The maximum Gasteiger partial charge on any atom is 0.164 e. The third-order valence-electron chi connectivity index (χ3n) is 21.9. The number of fused-ring (bicyclic) bond motifs is 19. The number of hydrogen-bond donors (Lipinski definition) is 0. The Morgan fingerprint density at radius 2 is 0.606 bits per heavy atom. The van der Waals surface area contributed by atoms with Gasteiger partial charge in [0.15, 0.2) is 11.6 Å². The van der Waals surface area contributed by atoms with Gasteiger partial charge in [-0.3, -0.25) is 0 Å². The van der Waals surface area contributed by atoms with Crippen LogP contribution in [0.4, 0.5) is 0 Å². The van der Waals surface area contributed by atoms with Gasteiger partial charge in [0.05, 0.1) is 39.0 Å². The normalized spacial score (nSPS) is 13.3. The molecule has 0 bridgehead atoms. The van der Waals surface area contributed by atoms with Gasteiger partial charge in [-0.05, 0) is 132 Å². The molecule has 0 amide bonds. The summed E-state index contributed by atoms with van der Waals surface area (Å²) in [5.74, 6) is 4.47. The first kappa shape index (κ1) is 59.2. The van der Waals surface area contributed by atoms with Crippen LogP contribution in [0.5, 0.6) is 23.0 Å². The van der Waals surface area contributed by atoms with Crippen LogP contribution >= 0.6 is 0 Å². The first-order chi connectivity index (χ1) is 51.5. The fraction of sp³-hybridized carbons (Fsp3) is 0.0204. The van der Waals surface area contributed by atoms with E-state index in [9.17, 15) is 0 Å². The summed E-state index contributed by atoms with van der Waals surface area (Å²) in [6, 6.07) is 130. The van der Waals surface area contributed by atoms with Crippen molar-refractivity contribution in [2.75, 3.05) is 0 Å². The molecule has 484 valence electrons. The average molecular weight is 1330 g/mol. The summed E-state index contributed by atoms with van der Waals surface area (Å²) in [5.41, 5.74) is 29.5. The number of para-hydroxylation sites is 4. The van der Waals surface area contributed by atoms with E-state index in [1.54, 1.807) is 0 Å². The topological polar surface area (TPSA) is 70.0 Å². The van der Waals surface area contributed by atoms with Crippen molar-refractivity contribution in [2.45, 2.75) is 10.8 Å².